The Bertz CT molecular complexity index is 449. The van der Waals surface area contributed by atoms with Crippen LogP contribution in [0.3, 0.4) is 0 Å². The Morgan fingerprint density at radius 3 is 2.83 bits per heavy atom. The maximum Gasteiger partial charge on any atom is 0.107 e. The Morgan fingerprint density at radius 1 is 1.56 bits per heavy atom. The minimum atomic E-state index is -0.738. The van der Waals surface area contributed by atoms with Crippen molar-refractivity contribution in [3.05, 3.63) is 23.8 Å². The Balaban J connectivity index is 2.75. The smallest absolute Gasteiger partial charge is 0.107 e. The summed E-state index contributed by atoms with van der Waals surface area (Å²) in [5.74, 6) is 0.706. The van der Waals surface area contributed by atoms with Gasteiger partial charge >= 0.3 is 0 Å². The van der Waals surface area contributed by atoms with Crippen molar-refractivity contribution >= 4 is 45.5 Å². The van der Waals surface area contributed by atoms with Gasteiger partial charge in [-0.25, -0.2) is 0 Å². The van der Waals surface area contributed by atoms with Gasteiger partial charge in [-0.3, -0.25) is 4.21 Å². The molecule has 1 aromatic rings. The first-order chi connectivity index (χ1) is 8.56. The first kappa shape index (κ1) is 15.5. The lowest BCUT2D eigenvalue weighted by Gasteiger charge is -2.14. The Labute approximate surface area is 120 Å². The molecule has 0 spiro atoms. The summed E-state index contributed by atoms with van der Waals surface area (Å²) in [6, 6.07) is 5.95. The maximum absolute atomic E-state index is 11.0. The molecule has 0 aliphatic heterocycles. The lowest BCUT2D eigenvalue weighted by molar-refractivity contribution is 0.685. The number of thiocarbonyl (C=S) groups is 1. The number of nitrogens with two attached hydrogens (primary N) is 1. The molecule has 3 N–H and O–H groups in total. The number of anilines is 1. The van der Waals surface area contributed by atoms with Gasteiger partial charge in [-0.2, -0.15) is 0 Å². The van der Waals surface area contributed by atoms with Crippen LogP contribution in [-0.4, -0.2) is 34.0 Å². The summed E-state index contributed by atoms with van der Waals surface area (Å²) in [7, 11) is -0.738. The van der Waals surface area contributed by atoms with E-state index in [2.05, 4.69) is 5.32 Å². The monoisotopic (exact) mass is 302 g/mol. The molecule has 1 rings (SSSR count). The second-order valence-electron chi connectivity index (χ2n) is 3.80. The Kier molecular flexibility index (Phi) is 6.67. The second kappa shape index (κ2) is 7.76. The van der Waals surface area contributed by atoms with Crippen LogP contribution in [0.5, 0.6) is 0 Å². The summed E-state index contributed by atoms with van der Waals surface area (Å²) in [4.78, 5) is 1.48. The van der Waals surface area contributed by atoms with Gasteiger partial charge in [0.05, 0.1) is 0 Å². The molecule has 6 heteroatoms. The summed E-state index contributed by atoms with van der Waals surface area (Å²) in [6.07, 6.45) is 4.58. The predicted octanol–water partition coefficient (Wildman–Crippen LogP) is 2.22. The van der Waals surface area contributed by atoms with Gasteiger partial charge in [0.2, 0.25) is 0 Å². The SMILES string of the molecule is CSc1cccc(NCCCS(C)=O)c1C(N)=S. The van der Waals surface area contributed by atoms with Gasteiger partial charge < -0.3 is 11.1 Å². The van der Waals surface area contributed by atoms with Crippen LogP contribution in [0.15, 0.2) is 23.1 Å². The third-order valence-corrected chi connectivity index (χ3v) is 4.26. The number of rotatable bonds is 7. The van der Waals surface area contributed by atoms with Crippen molar-refractivity contribution in [2.24, 2.45) is 5.73 Å². The lowest BCUT2D eigenvalue weighted by Crippen LogP contribution is -2.15. The van der Waals surface area contributed by atoms with Crippen molar-refractivity contribution in [3.8, 4) is 0 Å². The van der Waals surface area contributed by atoms with Gasteiger partial charge in [0.1, 0.15) is 4.99 Å². The number of nitrogens with one attached hydrogen (secondary N) is 1. The molecule has 3 nitrogen and oxygen atoms in total. The highest BCUT2D eigenvalue weighted by molar-refractivity contribution is 7.98. The molecular formula is C12H18N2OS3. The summed E-state index contributed by atoms with van der Waals surface area (Å²) >= 11 is 6.73. The molecule has 100 valence electrons. The van der Waals surface area contributed by atoms with Crippen molar-refractivity contribution in [2.75, 3.05) is 30.1 Å². The fourth-order valence-electron chi connectivity index (χ4n) is 1.60. The van der Waals surface area contributed by atoms with E-state index in [-0.39, 0.29) is 0 Å². The maximum atomic E-state index is 11.0. The number of hydrogen-bond donors (Lipinski definition) is 2. The van der Waals surface area contributed by atoms with Crippen molar-refractivity contribution in [2.45, 2.75) is 11.3 Å². The summed E-state index contributed by atoms with van der Waals surface area (Å²) in [5, 5.41) is 3.31. The van der Waals surface area contributed by atoms with Crippen LogP contribution in [-0.2, 0) is 10.8 Å². The average molecular weight is 302 g/mol. The fourth-order valence-corrected chi connectivity index (χ4v) is 3.08. The number of hydrogen-bond acceptors (Lipinski definition) is 4. The minimum Gasteiger partial charge on any atom is -0.389 e. The van der Waals surface area contributed by atoms with Crippen molar-refractivity contribution in [3.63, 3.8) is 0 Å². The molecular weight excluding hydrogens is 284 g/mol. The first-order valence-electron chi connectivity index (χ1n) is 5.57. The minimum absolute atomic E-state index is 0.404. The molecule has 0 bridgehead atoms. The first-order valence-corrected chi connectivity index (χ1v) is 8.93. The molecule has 0 aliphatic rings. The van der Waals surface area contributed by atoms with Crippen LogP contribution < -0.4 is 11.1 Å². The summed E-state index contributed by atoms with van der Waals surface area (Å²) in [6.45, 7) is 0.771. The molecule has 0 amide bonds. The highest BCUT2D eigenvalue weighted by atomic mass is 32.2. The molecule has 0 saturated heterocycles. The van der Waals surface area contributed by atoms with Crippen LogP contribution in [0.25, 0.3) is 0 Å². The molecule has 0 aliphatic carbocycles. The van der Waals surface area contributed by atoms with Gasteiger partial charge in [0.15, 0.2) is 0 Å². The zero-order valence-corrected chi connectivity index (χ0v) is 13.0. The number of thioether (sulfide) groups is 1. The molecule has 0 aromatic heterocycles. The standard InChI is InChI=1S/C12H18N2OS3/c1-17-10-6-3-5-9(11(10)12(13)16)14-7-4-8-18(2)15/h3,5-6,14H,4,7-8H2,1-2H3,(H2,13,16). The van der Waals surface area contributed by atoms with Crippen molar-refractivity contribution in [1.82, 2.24) is 0 Å². The van der Waals surface area contributed by atoms with E-state index in [0.29, 0.717) is 10.7 Å². The van der Waals surface area contributed by atoms with E-state index >= 15 is 0 Å². The summed E-state index contributed by atoms with van der Waals surface area (Å²) < 4.78 is 11.0. The van der Waals surface area contributed by atoms with Gasteiger partial charge in [-0.1, -0.05) is 18.3 Å². The zero-order chi connectivity index (χ0) is 13.5. The van der Waals surface area contributed by atoms with E-state index < -0.39 is 10.8 Å². The van der Waals surface area contributed by atoms with Crippen LogP contribution >= 0.6 is 24.0 Å². The second-order valence-corrected chi connectivity index (χ2v) is 6.65. The highest BCUT2D eigenvalue weighted by Crippen LogP contribution is 2.27. The summed E-state index contributed by atoms with van der Waals surface area (Å²) in [5.41, 5.74) is 7.63. The third kappa shape index (κ3) is 4.59. The van der Waals surface area contributed by atoms with Gasteiger partial charge in [0.25, 0.3) is 0 Å². The van der Waals surface area contributed by atoms with Crippen molar-refractivity contribution < 1.29 is 4.21 Å². The van der Waals surface area contributed by atoms with Crippen LogP contribution in [0, 0.1) is 0 Å². The van der Waals surface area contributed by atoms with Crippen molar-refractivity contribution in [1.29, 1.82) is 0 Å². The largest absolute Gasteiger partial charge is 0.389 e. The van der Waals surface area contributed by atoms with E-state index in [4.69, 9.17) is 18.0 Å². The topological polar surface area (TPSA) is 55.1 Å². The van der Waals surface area contributed by atoms with E-state index in [1.165, 1.54) is 0 Å². The molecule has 0 saturated carbocycles. The molecule has 0 radical (unpaired) electrons. The lowest BCUT2D eigenvalue weighted by atomic mass is 10.1. The van der Waals surface area contributed by atoms with Crippen LogP contribution in [0.4, 0.5) is 5.69 Å². The molecule has 18 heavy (non-hydrogen) atoms. The van der Waals surface area contributed by atoms with Gasteiger partial charge in [-0.15, -0.1) is 11.8 Å². The van der Waals surface area contributed by atoms with E-state index in [9.17, 15) is 4.21 Å². The molecule has 1 atom stereocenters. The van der Waals surface area contributed by atoms with Crippen LogP contribution in [0.1, 0.15) is 12.0 Å². The fraction of sp³-hybridized carbons (Fsp3) is 0.417. The van der Waals surface area contributed by atoms with Gasteiger partial charge in [-0.05, 0) is 24.8 Å². The molecule has 1 unspecified atom stereocenters. The van der Waals surface area contributed by atoms with E-state index in [1.807, 2.05) is 24.5 Å². The van der Waals surface area contributed by atoms with E-state index in [1.54, 1.807) is 18.0 Å². The molecule has 1 aromatic carbocycles. The number of benzene rings is 1. The quantitative estimate of drug-likeness (QED) is 0.459. The Hall–Kier alpha value is -0.590. The Morgan fingerprint density at radius 2 is 2.28 bits per heavy atom. The van der Waals surface area contributed by atoms with E-state index in [0.717, 1.165) is 29.1 Å². The van der Waals surface area contributed by atoms with Gasteiger partial charge in [0, 0.05) is 45.5 Å². The molecule has 0 heterocycles. The predicted molar refractivity (Wildman–Crippen MR) is 86.2 cm³/mol. The average Bonchev–Trinajstić information content (AvgIpc) is 2.33. The zero-order valence-electron chi connectivity index (χ0n) is 10.6. The third-order valence-electron chi connectivity index (χ3n) is 2.42. The normalized spacial score (nSPS) is 12.1. The highest BCUT2D eigenvalue weighted by Gasteiger charge is 2.09. The van der Waals surface area contributed by atoms with Crippen LogP contribution in [0.2, 0.25) is 0 Å². The molecule has 0 fully saturated rings.